The van der Waals surface area contributed by atoms with Gasteiger partial charge in [0.2, 0.25) is 5.91 Å². The summed E-state index contributed by atoms with van der Waals surface area (Å²) in [7, 11) is 0. The number of pyridine rings is 1. The lowest BCUT2D eigenvalue weighted by molar-refractivity contribution is -0.121. The van der Waals surface area contributed by atoms with Crippen molar-refractivity contribution in [3.05, 3.63) is 95.3 Å². The molecule has 1 N–H and O–H groups in total. The Hall–Kier alpha value is -4.00. The maximum Gasteiger partial charge on any atom is 0.260 e. The molecule has 0 fully saturated rings. The molecule has 5 rings (SSSR count). The summed E-state index contributed by atoms with van der Waals surface area (Å²) in [6, 6.07) is 20.2. The van der Waals surface area contributed by atoms with Crippen LogP contribution in [0.3, 0.4) is 0 Å². The standard InChI is InChI=1S/C25H22N4O3/c30-22(27-15-12-17-7-5-6-14-26-17)13-16-28-23-18-8-1-2-9-19(18)25(32)29(23)21-11-4-3-10-20(21)24(28)31/h1-11,14,23H,12-13,15-16H2,(H,27,30)/t23-/m1/s1. The van der Waals surface area contributed by atoms with Crippen molar-refractivity contribution in [2.75, 3.05) is 18.0 Å². The summed E-state index contributed by atoms with van der Waals surface area (Å²) in [6.45, 7) is 0.689. The normalized spacial score (nSPS) is 16.4. The zero-order chi connectivity index (χ0) is 22.1. The van der Waals surface area contributed by atoms with Gasteiger partial charge in [-0.2, -0.15) is 0 Å². The number of hydrogen-bond donors (Lipinski definition) is 1. The van der Waals surface area contributed by atoms with E-state index in [4.69, 9.17) is 0 Å². The van der Waals surface area contributed by atoms with Gasteiger partial charge in [0.1, 0.15) is 6.17 Å². The Morgan fingerprint density at radius 1 is 0.906 bits per heavy atom. The fourth-order valence-corrected chi connectivity index (χ4v) is 4.39. The van der Waals surface area contributed by atoms with Gasteiger partial charge >= 0.3 is 0 Å². The van der Waals surface area contributed by atoms with Gasteiger partial charge in [0, 0.05) is 48.9 Å². The molecule has 2 aliphatic rings. The highest BCUT2D eigenvalue weighted by Crippen LogP contribution is 2.45. The van der Waals surface area contributed by atoms with Crippen molar-refractivity contribution in [1.29, 1.82) is 0 Å². The first-order valence-corrected chi connectivity index (χ1v) is 10.6. The number of rotatable bonds is 6. The monoisotopic (exact) mass is 426 g/mol. The molecule has 2 aliphatic heterocycles. The minimum atomic E-state index is -0.539. The van der Waals surface area contributed by atoms with Gasteiger partial charge in [-0.1, -0.05) is 36.4 Å². The second-order valence-corrected chi connectivity index (χ2v) is 7.82. The summed E-state index contributed by atoms with van der Waals surface area (Å²) in [5.41, 5.74) is 3.37. The molecule has 3 amide bonds. The summed E-state index contributed by atoms with van der Waals surface area (Å²) < 4.78 is 0. The number of carbonyl (C=O) groups is 3. The number of benzene rings is 2. The molecule has 160 valence electrons. The number of aromatic nitrogens is 1. The maximum atomic E-state index is 13.3. The summed E-state index contributed by atoms with van der Waals surface area (Å²) in [5.74, 6) is -0.445. The second kappa shape index (κ2) is 8.26. The largest absolute Gasteiger partial charge is 0.356 e. The first-order chi connectivity index (χ1) is 15.6. The molecule has 3 aromatic rings. The Labute approximate surface area is 185 Å². The highest BCUT2D eigenvalue weighted by Gasteiger charge is 2.47. The molecular formula is C25H22N4O3. The van der Waals surface area contributed by atoms with Crippen LogP contribution in [-0.2, 0) is 11.2 Å². The van der Waals surface area contributed by atoms with Crippen molar-refractivity contribution in [3.63, 3.8) is 0 Å². The number of nitrogens with zero attached hydrogens (tertiary/aromatic N) is 3. The molecule has 1 atom stereocenters. The van der Waals surface area contributed by atoms with Crippen LogP contribution in [0.15, 0.2) is 72.9 Å². The summed E-state index contributed by atoms with van der Waals surface area (Å²) in [6.07, 6.45) is 1.98. The number of anilines is 1. The van der Waals surface area contributed by atoms with Crippen LogP contribution >= 0.6 is 0 Å². The zero-order valence-electron chi connectivity index (χ0n) is 17.4. The van der Waals surface area contributed by atoms with Gasteiger partial charge in [-0.15, -0.1) is 0 Å². The van der Waals surface area contributed by atoms with Crippen LogP contribution in [0.4, 0.5) is 5.69 Å². The van der Waals surface area contributed by atoms with Crippen LogP contribution in [0, 0.1) is 0 Å². The van der Waals surface area contributed by atoms with Crippen LogP contribution < -0.4 is 10.2 Å². The Bertz CT molecular complexity index is 1190. The predicted molar refractivity (Wildman–Crippen MR) is 119 cm³/mol. The average Bonchev–Trinajstić information content (AvgIpc) is 3.12. The van der Waals surface area contributed by atoms with E-state index in [2.05, 4.69) is 10.3 Å². The van der Waals surface area contributed by atoms with E-state index in [1.165, 1.54) is 0 Å². The van der Waals surface area contributed by atoms with Crippen molar-refractivity contribution in [3.8, 4) is 0 Å². The molecule has 32 heavy (non-hydrogen) atoms. The minimum absolute atomic E-state index is 0.129. The molecule has 0 bridgehead atoms. The fourth-order valence-electron chi connectivity index (χ4n) is 4.39. The van der Waals surface area contributed by atoms with Crippen molar-refractivity contribution < 1.29 is 14.4 Å². The fraction of sp³-hybridized carbons (Fsp3) is 0.200. The van der Waals surface area contributed by atoms with Crippen LogP contribution in [0.2, 0.25) is 0 Å². The molecule has 0 spiro atoms. The Morgan fingerprint density at radius 2 is 1.66 bits per heavy atom. The molecule has 0 aliphatic carbocycles. The van der Waals surface area contributed by atoms with Crippen molar-refractivity contribution >= 4 is 23.4 Å². The summed E-state index contributed by atoms with van der Waals surface area (Å²) >= 11 is 0. The van der Waals surface area contributed by atoms with Crippen molar-refractivity contribution in [1.82, 2.24) is 15.2 Å². The number of carbonyl (C=O) groups excluding carboxylic acids is 3. The Balaban J connectivity index is 1.33. The molecule has 0 radical (unpaired) electrons. The highest BCUT2D eigenvalue weighted by atomic mass is 16.2. The van der Waals surface area contributed by atoms with E-state index in [9.17, 15) is 14.4 Å². The lowest BCUT2D eigenvalue weighted by Gasteiger charge is -2.40. The van der Waals surface area contributed by atoms with Gasteiger partial charge in [-0.3, -0.25) is 24.3 Å². The molecule has 1 aromatic heterocycles. The molecule has 3 heterocycles. The summed E-state index contributed by atoms with van der Waals surface area (Å²) in [5, 5.41) is 2.89. The number of amides is 3. The molecule has 0 unspecified atom stereocenters. The van der Waals surface area contributed by atoms with Gasteiger partial charge in [0.25, 0.3) is 11.8 Å². The molecule has 7 nitrogen and oxygen atoms in total. The van der Waals surface area contributed by atoms with E-state index in [0.717, 1.165) is 11.3 Å². The van der Waals surface area contributed by atoms with E-state index in [-0.39, 0.29) is 30.7 Å². The maximum absolute atomic E-state index is 13.3. The van der Waals surface area contributed by atoms with Gasteiger partial charge in [0.05, 0.1) is 11.3 Å². The molecule has 2 aromatic carbocycles. The molecule has 7 heteroatoms. The Morgan fingerprint density at radius 3 is 2.47 bits per heavy atom. The van der Waals surface area contributed by atoms with E-state index >= 15 is 0 Å². The number of fused-ring (bicyclic) bond motifs is 5. The smallest absolute Gasteiger partial charge is 0.260 e. The van der Waals surface area contributed by atoms with E-state index in [0.29, 0.717) is 29.8 Å². The second-order valence-electron chi connectivity index (χ2n) is 7.82. The average molecular weight is 426 g/mol. The number of nitrogens with one attached hydrogen (secondary N) is 1. The molecule has 0 saturated heterocycles. The lowest BCUT2D eigenvalue weighted by Crippen LogP contribution is -2.49. The van der Waals surface area contributed by atoms with Gasteiger partial charge in [0.15, 0.2) is 0 Å². The van der Waals surface area contributed by atoms with Crippen molar-refractivity contribution in [2.45, 2.75) is 19.0 Å². The first kappa shape index (κ1) is 19.9. The van der Waals surface area contributed by atoms with Gasteiger partial charge in [-0.25, -0.2) is 0 Å². The number of para-hydroxylation sites is 1. The zero-order valence-corrected chi connectivity index (χ0v) is 17.4. The predicted octanol–water partition coefficient (Wildman–Crippen LogP) is 2.95. The van der Waals surface area contributed by atoms with Crippen LogP contribution in [0.1, 0.15) is 44.6 Å². The van der Waals surface area contributed by atoms with Gasteiger partial charge < -0.3 is 10.2 Å². The summed E-state index contributed by atoms with van der Waals surface area (Å²) in [4.78, 5) is 46.5. The quantitative estimate of drug-likeness (QED) is 0.657. The third kappa shape index (κ3) is 3.41. The van der Waals surface area contributed by atoms with Gasteiger partial charge in [-0.05, 0) is 30.3 Å². The van der Waals surface area contributed by atoms with Crippen molar-refractivity contribution in [2.24, 2.45) is 0 Å². The van der Waals surface area contributed by atoms with Crippen LogP contribution in [0.5, 0.6) is 0 Å². The third-order valence-corrected chi connectivity index (χ3v) is 5.89. The first-order valence-electron chi connectivity index (χ1n) is 10.6. The topological polar surface area (TPSA) is 82.6 Å². The minimum Gasteiger partial charge on any atom is -0.356 e. The SMILES string of the molecule is O=C(CCN1C(=O)c2ccccc2N2C(=O)c3ccccc3[C@H]12)NCCc1ccccn1. The van der Waals surface area contributed by atoms with E-state index < -0.39 is 6.17 Å². The lowest BCUT2D eigenvalue weighted by atomic mass is 10.0. The van der Waals surface area contributed by atoms with Crippen LogP contribution in [-0.4, -0.2) is 40.7 Å². The highest BCUT2D eigenvalue weighted by molar-refractivity contribution is 6.16. The van der Waals surface area contributed by atoms with E-state index in [1.807, 2.05) is 42.5 Å². The Kier molecular flexibility index (Phi) is 5.15. The molecular weight excluding hydrogens is 404 g/mol. The third-order valence-electron chi connectivity index (χ3n) is 5.89. The molecule has 0 saturated carbocycles. The van der Waals surface area contributed by atoms with E-state index in [1.54, 1.807) is 40.3 Å². The van der Waals surface area contributed by atoms with Crippen LogP contribution in [0.25, 0.3) is 0 Å². The number of hydrogen-bond acceptors (Lipinski definition) is 4.